The minimum atomic E-state index is -1.06. The summed E-state index contributed by atoms with van der Waals surface area (Å²) in [5, 5.41) is 21.8. The van der Waals surface area contributed by atoms with E-state index in [-0.39, 0.29) is 11.4 Å². The summed E-state index contributed by atoms with van der Waals surface area (Å²) in [6, 6.07) is 14.8. The van der Waals surface area contributed by atoms with Gasteiger partial charge in [0.25, 0.3) is 5.91 Å². The van der Waals surface area contributed by atoms with E-state index < -0.39 is 17.5 Å². The number of nitrogens with zero attached hydrogens (tertiary/aromatic N) is 3. The number of nitriles is 1. The second-order valence-electron chi connectivity index (χ2n) is 5.20. The molecular weight excluding hydrogens is 340 g/mol. The van der Waals surface area contributed by atoms with Crippen molar-refractivity contribution in [2.75, 3.05) is 10.6 Å². The van der Waals surface area contributed by atoms with Gasteiger partial charge in [-0.15, -0.1) is 10.2 Å². The van der Waals surface area contributed by atoms with Crippen molar-refractivity contribution in [2.45, 2.75) is 0 Å². The fourth-order valence-corrected chi connectivity index (χ4v) is 2.07. The number of halogens is 2. The van der Waals surface area contributed by atoms with Gasteiger partial charge in [0.15, 0.2) is 23.1 Å². The molecule has 8 heteroatoms. The molecule has 1 aromatic heterocycles. The largest absolute Gasteiger partial charge is 0.339 e. The van der Waals surface area contributed by atoms with E-state index in [0.717, 1.165) is 12.1 Å². The first-order chi connectivity index (χ1) is 12.5. The average molecular weight is 351 g/mol. The molecule has 0 aliphatic carbocycles. The van der Waals surface area contributed by atoms with E-state index in [1.54, 1.807) is 30.3 Å². The van der Waals surface area contributed by atoms with Crippen LogP contribution in [0.2, 0.25) is 0 Å². The number of anilines is 3. The molecule has 1 amide bonds. The van der Waals surface area contributed by atoms with Gasteiger partial charge in [0, 0.05) is 17.4 Å². The zero-order chi connectivity index (χ0) is 18.5. The molecule has 3 aromatic rings. The van der Waals surface area contributed by atoms with E-state index in [4.69, 9.17) is 5.26 Å². The van der Waals surface area contributed by atoms with Crippen molar-refractivity contribution in [3.63, 3.8) is 0 Å². The number of carbonyl (C=O) groups excluding carboxylic acids is 1. The number of hydrogen-bond acceptors (Lipinski definition) is 5. The highest BCUT2D eigenvalue weighted by Crippen LogP contribution is 2.16. The zero-order valence-electron chi connectivity index (χ0n) is 13.2. The summed E-state index contributed by atoms with van der Waals surface area (Å²) in [5.74, 6) is -2.26. The van der Waals surface area contributed by atoms with Crippen molar-refractivity contribution in [3.05, 3.63) is 77.5 Å². The Morgan fingerprint density at radius 1 is 0.923 bits per heavy atom. The maximum absolute atomic E-state index is 13.2. The molecule has 3 rings (SSSR count). The van der Waals surface area contributed by atoms with Crippen LogP contribution in [0.25, 0.3) is 0 Å². The summed E-state index contributed by atoms with van der Waals surface area (Å²) < 4.78 is 26.1. The summed E-state index contributed by atoms with van der Waals surface area (Å²) in [5.41, 5.74) is 1.36. The molecule has 0 fully saturated rings. The molecule has 0 radical (unpaired) electrons. The average Bonchev–Trinajstić information content (AvgIpc) is 2.66. The SMILES string of the molecule is N#Cc1ccc(Nc2ccc(C(=O)Nc3ccc(F)c(F)c3)nn2)cc1. The Bertz CT molecular complexity index is 982. The number of amides is 1. The number of carbonyl (C=O) groups is 1. The van der Waals surface area contributed by atoms with E-state index in [1.165, 1.54) is 12.1 Å². The monoisotopic (exact) mass is 351 g/mol. The summed E-state index contributed by atoms with van der Waals surface area (Å²) in [6.45, 7) is 0. The third-order valence-electron chi connectivity index (χ3n) is 3.36. The lowest BCUT2D eigenvalue weighted by Gasteiger charge is -2.07. The quantitative estimate of drug-likeness (QED) is 0.749. The number of aromatic nitrogens is 2. The zero-order valence-corrected chi connectivity index (χ0v) is 13.2. The molecular formula is C18H11F2N5O. The minimum absolute atomic E-state index is 0.0140. The van der Waals surface area contributed by atoms with Gasteiger partial charge in [-0.05, 0) is 48.5 Å². The molecule has 0 saturated heterocycles. The first kappa shape index (κ1) is 17.0. The highest BCUT2D eigenvalue weighted by atomic mass is 19.2. The van der Waals surface area contributed by atoms with Gasteiger partial charge in [0.05, 0.1) is 11.6 Å². The number of benzene rings is 2. The standard InChI is InChI=1S/C18H11F2N5O/c19-14-6-5-13(9-15(14)20)23-18(26)16-7-8-17(25-24-16)22-12-3-1-11(10-21)2-4-12/h1-9H,(H,22,25)(H,23,26). The molecule has 6 nitrogen and oxygen atoms in total. The van der Waals surface area contributed by atoms with Gasteiger partial charge in [-0.2, -0.15) is 5.26 Å². The molecule has 0 atom stereocenters. The van der Waals surface area contributed by atoms with E-state index in [2.05, 4.69) is 20.8 Å². The van der Waals surface area contributed by atoms with Crippen LogP contribution < -0.4 is 10.6 Å². The van der Waals surface area contributed by atoms with Crippen LogP contribution in [-0.2, 0) is 0 Å². The summed E-state index contributed by atoms with van der Waals surface area (Å²) in [6.07, 6.45) is 0. The van der Waals surface area contributed by atoms with Gasteiger partial charge in [-0.3, -0.25) is 4.79 Å². The van der Waals surface area contributed by atoms with Crippen LogP contribution in [0.3, 0.4) is 0 Å². The van der Waals surface area contributed by atoms with Crippen molar-refractivity contribution in [1.82, 2.24) is 10.2 Å². The first-order valence-electron chi connectivity index (χ1n) is 7.42. The Hall–Kier alpha value is -3.86. The summed E-state index contributed by atoms with van der Waals surface area (Å²) in [4.78, 5) is 12.1. The van der Waals surface area contributed by atoms with Crippen LogP contribution in [0.4, 0.5) is 26.0 Å². The molecule has 0 aliphatic heterocycles. The predicted molar refractivity (Wildman–Crippen MR) is 90.8 cm³/mol. The van der Waals surface area contributed by atoms with Gasteiger partial charge in [-0.25, -0.2) is 8.78 Å². The van der Waals surface area contributed by atoms with E-state index in [0.29, 0.717) is 17.1 Å². The minimum Gasteiger partial charge on any atom is -0.339 e. The topological polar surface area (TPSA) is 90.7 Å². The van der Waals surface area contributed by atoms with Gasteiger partial charge >= 0.3 is 0 Å². The van der Waals surface area contributed by atoms with Crippen LogP contribution in [0.5, 0.6) is 0 Å². The highest BCUT2D eigenvalue weighted by molar-refractivity contribution is 6.02. The Morgan fingerprint density at radius 2 is 1.65 bits per heavy atom. The smallest absolute Gasteiger partial charge is 0.276 e. The third-order valence-corrected chi connectivity index (χ3v) is 3.36. The second kappa shape index (κ2) is 7.36. The molecule has 0 spiro atoms. The van der Waals surface area contributed by atoms with Crippen LogP contribution in [0.15, 0.2) is 54.6 Å². The lowest BCUT2D eigenvalue weighted by Crippen LogP contribution is -2.14. The molecule has 1 heterocycles. The van der Waals surface area contributed by atoms with Crippen LogP contribution in [0.1, 0.15) is 16.1 Å². The Labute approximate surface area is 147 Å². The van der Waals surface area contributed by atoms with Crippen LogP contribution in [0, 0.1) is 23.0 Å². The van der Waals surface area contributed by atoms with Crippen LogP contribution in [-0.4, -0.2) is 16.1 Å². The summed E-state index contributed by atoms with van der Waals surface area (Å²) in [7, 11) is 0. The predicted octanol–water partition coefficient (Wildman–Crippen LogP) is 3.62. The molecule has 0 unspecified atom stereocenters. The van der Waals surface area contributed by atoms with Crippen molar-refractivity contribution in [3.8, 4) is 6.07 Å². The molecule has 128 valence electrons. The fraction of sp³-hybridized carbons (Fsp3) is 0. The lowest BCUT2D eigenvalue weighted by atomic mass is 10.2. The van der Waals surface area contributed by atoms with Crippen molar-refractivity contribution < 1.29 is 13.6 Å². The number of rotatable bonds is 4. The Morgan fingerprint density at radius 3 is 2.27 bits per heavy atom. The van der Waals surface area contributed by atoms with Crippen molar-refractivity contribution >= 4 is 23.1 Å². The normalized spacial score (nSPS) is 10.0. The van der Waals surface area contributed by atoms with Gasteiger partial charge in [-0.1, -0.05) is 0 Å². The highest BCUT2D eigenvalue weighted by Gasteiger charge is 2.10. The van der Waals surface area contributed by atoms with Crippen molar-refractivity contribution in [1.29, 1.82) is 5.26 Å². The molecule has 26 heavy (non-hydrogen) atoms. The van der Waals surface area contributed by atoms with Crippen LogP contribution >= 0.6 is 0 Å². The van der Waals surface area contributed by atoms with Gasteiger partial charge in [0.2, 0.25) is 0 Å². The third kappa shape index (κ3) is 3.96. The Balaban J connectivity index is 1.67. The second-order valence-corrected chi connectivity index (χ2v) is 5.20. The fourth-order valence-electron chi connectivity index (χ4n) is 2.07. The maximum Gasteiger partial charge on any atom is 0.276 e. The molecule has 2 N–H and O–H groups in total. The number of nitrogens with one attached hydrogen (secondary N) is 2. The molecule has 0 saturated carbocycles. The molecule has 2 aromatic carbocycles. The number of hydrogen-bond donors (Lipinski definition) is 2. The van der Waals surface area contributed by atoms with E-state index in [1.807, 2.05) is 6.07 Å². The molecule has 0 bridgehead atoms. The van der Waals surface area contributed by atoms with Gasteiger partial charge in [0.1, 0.15) is 0 Å². The van der Waals surface area contributed by atoms with E-state index >= 15 is 0 Å². The maximum atomic E-state index is 13.2. The van der Waals surface area contributed by atoms with E-state index in [9.17, 15) is 13.6 Å². The summed E-state index contributed by atoms with van der Waals surface area (Å²) >= 11 is 0. The lowest BCUT2D eigenvalue weighted by molar-refractivity contribution is 0.102. The Kier molecular flexibility index (Phi) is 4.80. The molecule has 0 aliphatic rings. The first-order valence-corrected chi connectivity index (χ1v) is 7.42. The van der Waals surface area contributed by atoms with Crippen molar-refractivity contribution in [2.24, 2.45) is 0 Å². The van der Waals surface area contributed by atoms with Gasteiger partial charge < -0.3 is 10.6 Å².